The molecule has 2 aromatic heterocycles. The van der Waals surface area contributed by atoms with Crippen molar-refractivity contribution in [3.8, 4) is 11.3 Å². The van der Waals surface area contributed by atoms with Crippen LogP contribution in [0.3, 0.4) is 0 Å². The number of aromatic nitrogens is 2. The Labute approximate surface area is 158 Å². The summed E-state index contributed by atoms with van der Waals surface area (Å²) in [5, 5.41) is 0. The van der Waals surface area contributed by atoms with Crippen LogP contribution in [0.1, 0.15) is 11.1 Å². The molecule has 136 valence electrons. The normalized spacial score (nSPS) is 11.6. The van der Waals surface area contributed by atoms with Gasteiger partial charge in [0.25, 0.3) is 10.0 Å². The van der Waals surface area contributed by atoms with Gasteiger partial charge in [0, 0.05) is 23.6 Å². The molecule has 4 rings (SSSR count). The summed E-state index contributed by atoms with van der Waals surface area (Å²) in [5.74, 6) is 0. The second kappa shape index (κ2) is 6.55. The Hall–Kier alpha value is -3.12. The van der Waals surface area contributed by atoms with Gasteiger partial charge in [-0.3, -0.25) is 4.72 Å². The van der Waals surface area contributed by atoms with Crippen molar-refractivity contribution in [2.45, 2.75) is 18.7 Å². The molecule has 0 aliphatic carbocycles. The van der Waals surface area contributed by atoms with E-state index in [1.807, 2.05) is 60.1 Å². The number of hydrogen-bond acceptors (Lipinski definition) is 3. The van der Waals surface area contributed by atoms with E-state index in [1.165, 1.54) is 0 Å². The van der Waals surface area contributed by atoms with Crippen molar-refractivity contribution in [1.82, 2.24) is 9.38 Å². The fourth-order valence-corrected chi connectivity index (χ4v) is 4.38. The number of nitrogens with zero attached hydrogens (tertiary/aromatic N) is 2. The topological polar surface area (TPSA) is 63.5 Å². The molecule has 5 nitrogen and oxygen atoms in total. The molecule has 0 saturated carbocycles. The van der Waals surface area contributed by atoms with Gasteiger partial charge in [-0.05, 0) is 49.7 Å². The zero-order chi connectivity index (χ0) is 19.0. The number of imidazole rings is 1. The highest BCUT2D eigenvalue weighted by molar-refractivity contribution is 7.92. The number of fused-ring (bicyclic) bond motifs is 1. The first-order valence-electron chi connectivity index (χ1n) is 8.57. The van der Waals surface area contributed by atoms with E-state index >= 15 is 0 Å². The van der Waals surface area contributed by atoms with Crippen LogP contribution in [0.2, 0.25) is 0 Å². The van der Waals surface area contributed by atoms with Crippen LogP contribution in [0.15, 0.2) is 78.0 Å². The Balaban J connectivity index is 1.60. The van der Waals surface area contributed by atoms with Gasteiger partial charge in [0.1, 0.15) is 5.65 Å². The fraction of sp³-hybridized carbons (Fsp3) is 0.0952. The molecule has 6 heteroatoms. The third-order valence-electron chi connectivity index (χ3n) is 4.42. The van der Waals surface area contributed by atoms with E-state index in [-0.39, 0.29) is 4.90 Å². The van der Waals surface area contributed by atoms with Crippen molar-refractivity contribution in [2.24, 2.45) is 0 Å². The Kier molecular flexibility index (Phi) is 4.20. The lowest BCUT2D eigenvalue weighted by Gasteiger charge is -2.11. The van der Waals surface area contributed by atoms with Crippen LogP contribution in [0, 0.1) is 13.8 Å². The molecule has 0 spiro atoms. The second-order valence-corrected chi connectivity index (χ2v) is 8.19. The van der Waals surface area contributed by atoms with Crippen LogP contribution in [-0.4, -0.2) is 17.8 Å². The smallest absolute Gasteiger partial charge is 0.262 e. The summed E-state index contributed by atoms with van der Waals surface area (Å²) in [6, 6.07) is 18.4. The predicted molar refractivity (Wildman–Crippen MR) is 107 cm³/mol. The first-order valence-corrected chi connectivity index (χ1v) is 10.0. The second-order valence-electron chi connectivity index (χ2n) is 6.54. The van der Waals surface area contributed by atoms with Crippen LogP contribution in [0.5, 0.6) is 0 Å². The van der Waals surface area contributed by atoms with E-state index < -0.39 is 10.0 Å². The number of hydrogen-bond donors (Lipinski definition) is 1. The monoisotopic (exact) mass is 377 g/mol. The number of sulfonamides is 1. The highest BCUT2D eigenvalue weighted by Gasteiger charge is 2.17. The van der Waals surface area contributed by atoms with E-state index in [1.54, 1.807) is 31.2 Å². The molecule has 4 aromatic rings. The van der Waals surface area contributed by atoms with E-state index in [2.05, 4.69) is 9.71 Å². The molecule has 1 N–H and O–H groups in total. The molecule has 2 heterocycles. The number of aryl methyl sites for hydroxylation is 2. The Morgan fingerprint density at radius 3 is 2.44 bits per heavy atom. The first kappa shape index (κ1) is 17.3. The average Bonchev–Trinajstić information content (AvgIpc) is 3.05. The predicted octanol–water partition coefficient (Wildman–Crippen LogP) is 4.42. The van der Waals surface area contributed by atoms with Gasteiger partial charge in [-0.15, -0.1) is 0 Å². The van der Waals surface area contributed by atoms with Gasteiger partial charge in [-0.1, -0.05) is 35.9 Å². The largest absolute Gasteiger partial charge is 0.306 e. The minimum Gasteiger partial charge on any atom is -0.306 e. The summed E-state index contributed by atoms with van der Waals surface area (Å²) in [6.45, 7) is 3.74. The summed E-state index contributed by atoms with van der Waals surface area (Å²) in [5.41, 5.74) is 4.90. The SMILES string of the molecule is Cc1ccc(S(=O)(=O)Nc2ccc(-c3cn4ccccc4n3)cc2)c(C)c1. The zero-order valence-corrected chi connectivity index (χ0v) is 15.9. The van der Waals surface area contributed by atoms with Crippen molar-refractivity contribution in [3.63, 3.8) is 0 Å². The third kappa shape index (κ3) is 3.44. The Bertz CT molecular complexity index is 1190. The molecule has 0 amide bonds. The molecule has 2 aromatic carbocycles. The van der Waals surface area contributed by atoms with Gasteiger partial charge >= 0.3 is 0 Å². The van der Waals surface area contributed by atoms with Crippen molar-refractivity contribution < 1.29 is 8.42 Å². The molecule has 0 saturated heterocycles. The van der Waals surface area contributed by atoms with Crippen LogP contribution in [0.25, 0.3) is 16.9 Å². The van der Waals surface area contributed by atoms with Crippen molar-refractivity contribution in [3.05, 3.63) is 84.2 Å². The maximum atomic E-state index is 12.7. The van der Waals surface area contributed by atoms with Gasteiger partial charge in [-0.25, -0.2) is 13.4 Å². The molecule has 0 fully saturated rings. The van der Waals surface area contributed by atoms with Gasteiger partial charge < -0.3 is 4.40 Å². The lowest BCUT2D eigenvalue weighted by Crippen LogP contribution is -2.14. The van der Waals surface area contributed by atoms with Gasteiger partial charge in [0.05, 0.1) is 10.6 Å². The first-order chi connectivity index (χ1) is 12.9. The minimum absolute atomic E-state index is 0.289. The highest BCUT2D eigenvalue weighted by atomic mass is 32.2. The number of benzene rings is 2. The maximum Gasteiger partial charge on any atom is 0.262 e. The zero-order valence-electron chi connectivity index (χ0n) is 15.0. The molecule has 0 unspecified atom stereocenters. The highest BCUT2D eigenvalue weighted by Crippen LogP contribution is 2.24. The summed E-state index contributed by atoms with van der Waals surface area (Å²) in [6.07, 6.45) is 3.89. The summed E-state index contributed by atoms with van der Waals surface area (Å²) in [7, 11) is -3.63. The minimum atomic E-state index is -3.63. The third-order valence-corrected chi connectivity index (χ3v) is 5.96. The van der Waals surface area contributed by atoms with E-state index in [0.717, 1.165) is 28.0 Å². The van der Waals surface area contributed by atoms with Crippen LogP contribution < -0.4 is 4.72 Å². The van der Waals surface area contributed by atoms with E-state index in [9.17, 15) is 8.42 Å². The van der Waals surface area contributed by atoms with Crippen LogP contribution >= 0.6 is 0 Å². The molecule has 0 aliphatic rings. The van der Waals surface area contributed by atoms with E-state index in [0.29, 0.717) is 5.69 Å². The standard InChI is InChI=1S/C21H19N3O2S/c1-15-6-11-20(16(2)13-15)27(25,26)23-18-9-7-17(8-10-18)19-14-24-12-4-3-5-21(24)22-19/h3-14,23H,1-2H3. The lowest BCUT2D eigenvalue weighted by atomic mass is 10.1. The molecular weight excluding hydrogens is 358 g/mol. The molecular formula is C21H19N3O2S. The van der Waals surface area contributed by atoms with Gasteiger partial charge in [0.2, 0.25) is 0 Å². The van der Waals surface area contributed by atoms with Crippen LogP contribution in [-0.2, 0) is 10.0 Å². The van der Waals surface area contributed by atoms with Gasteiger partial charge in [0.15, 0.2) is 0 Å². The van der Waals surface area contributed by atoms with Gasteiger partial charge in [-0.2, -0.15) is 0 Å². The summed E-state index contributed by atoms with van der Waals surface area (Å²) >= 11 is 0. The fourth-order valence-electron chi connectivity index (χ4n) is 3.09. The van der Waals surface area contributed by atoms with Crippen LogP contribution in [0.4, 0.5) is 5.69 Å². The molecule has 0 atom stereocenters. The Morgan fingerprint density at radius 1 is 0.963 bits per heavy atom. The number of rotatable bonds is 4. The lowest BCUT2D eigenvalue weighted by molar-refractivity contribution is 0.600. The van der Waals surface area contributed by atoms with Crippen molar-refractivity contribution >= 4 is 21.4 Å². The quantitative estimate of drug-likeness (QED) is 0.573. The summed E-state index contributed by atoms with van der Waals surface area (Å²) < 4.78 is 30.0. The van der Waals surface area contributed by atoms with E-state index in [4.69, 9.17) is 0 Å². The average molecular weight is 377 g/mol. The molecule has 0 aliphatic heterocycles. The number of anilines is 1. The Morgan fingerprint density at radius 2 is 1.74 bits per heavy atom. The summed E-state index contributed by atoms with van der Waals surface area (Å²) in [4.78, 5) is 4.87. The van der Waals surface area contributed by atoms with Crippen molar-refractivity contribution in [1.29, 1.82) is 0 Å². The maximum absolute atomic E-state index is 12.7. The number of nitrogens with one attached hydrogen (secondary N) is 1. The number of pyridine rings is 1. The molecule has 0 radical (unpaired) electrons. The molecule has 0 bridgehead atoms. The molecule has 27 heavy (non-hydrogen) atoms. The van der Waals surface area contributed by atoms with Crippen molar-refractivity contribution in [2.75, 3.05) is 4.72 Å².